The first-order valence-corrected chi connectivity index (χ1v) is 7.26. The van der Waals surface area contributed by atoms with Crippen molar-refractivity contribution >= 4 is 35.0 Å². The highest BCUT2D eigenvalue weighted by Gasteiger charge is 2.13. The molecule has 0 spiro atoms. The molecule has 0 aliphatic carbocycles. The number of nitrogens with zero attached hydrogens (tertiary/aromatic N) is 2. The maximum atomic E-state index is 12.2. The van der Waals surface area contributed by atoms with Crippen LogP contribution in [-0.2, 0) is 0 Å². The summed E-state index contributed by atoms with van der Waals surface area (Å²) in [5.41, 5.74) is 1.15. The molecule has 0 saturated carbocycles. The van der Waals surface area contributed by atoms with Gasteiger partial charge in [0.1, 0.15) is 5.02 Å². The van der Waals surface area contributed by atoms with E-state index in [0.717, 1.165) is 0 Å². The molecule has 2 rings (SSSR count). The molecule has 0 saturated heterocycles. The van der Waals surface area contributed by atoms with Crippen LogP contribution in [0.25, 0.3) is 0 Å². The average Bonchev–Trinajstić information content (AvgIpc) is 2.49. The summed E-state index contributed by atoms with van der Waals surface area (Å²) in [6, 6.07) is 7.24. The molecule has 22 heavy (non-hydrogen) atoms. The summed E-state index contributed by atoms with van der Waals surface area (Å²) >= 11 is 6.10. The molecule has 3 N–H and O–H groups in total. The fourth-order valence-corrected chi connectivity index (χ4v) is 1.97. The topological polar surface area (TPSA) is 78.9 Å². The number of nitrogens with one attached hydrogen (secondary N) is 3. The minimum atomic E-state index is -0.155. The number of carbonyl (C=O) groups is 1. The summed E-state index contributed by atoms with van der Waals surface area (Å²) in [4.78, 5) is 20.5. The molecule has 0 fully saturated rings. The molecule has 1 aromatic carbocycles. The van der Waals surface area contributed by atoms with E-state index in [1.165, 1.54) is 6.20 Å². The molecule has 7 heteroatoms. The van der Waals surface area contributed by atoms with Gasteiger partial charge in [-0.3, -0.25) is 4.79 Å². The number of aromatic nitrogens is 2. The smallest absolute Gasteiger partial charge is 0.253 e. The lowest BCUT2D eigenvalue weighted by atomic mass is 10.1. The molecular weight excluding hydrogens is 302 g/mol. The van der Waals surface area contributed by atoms with Gasteiger partial charge in [0.15, 0.2) is 5.82 Å². The maximum absolute atomic E-state index is 12.2. The molecule has 6 nitrogen and oxygen atoms in total. The number of para-hydroxylation sites is 1. The van der Waals surface area contributed by atoms with Crippen LogP contribution in [0.4, 0.5) is 17.5 Å². The van der Waals surface area contributed by atoms with Crippen LogP contribution in [0.1, 0.15) is 24.2 Å². The summed E-state index contributed by atoms with van der Waals surface area (Å²) in [5, 5.41) is 9.17. The summed E-state index contributed by atoms with van der Waals surface area (Å²) in [6.07, 6.45) is 1.50. The molecule has 0 aliphatic heterocycles. The first-order chi connectivity index (χ1) is 10.5. The van der Waals surface area contributed by atoms with E-state index >= 15 is 0 Å². The highest BCUT2D eigenvalue weighted by atomic mass is 35.5. The molecule has 0 radical (unpaired) electrons. The number of benzene rings is 1. The number of hydrogen-bond acceptors (Lipinski definition) is 5. The molecule has 1 aromatic heterocycles. The fourth-order valence-electron chi connectivity index (χ4n) is 1.83. The highest BCUT2D eigenvalue weighted by molar-refractivity contribution is 6.33. The Bertz CT molecular complexity index is 675. The minimum absolute atomic E-state index is 0.0547. The number of hydrogen-bond donors (Lipinski definition) is 3. The molecule has 0 bridgehead atoms. The number of rotatable bonds is 5. The molecule has 0 aliphatic rings. The van der Waals surface area contributed by atoms with Crippen molar-refractivity contribution < 1.29 is 4.79 Å². The average molecular weight is 320 g/mol. The van der Waals surface area contributed by atoms with Crippen LogP contribution in [0.3, 0.4) is 0 Å². The first-order valence-electron chi connectivity index (χ1n) is 6.88. The number of halogens is 1. The van der Waals surface area contributed by atoms with E-state index in [-0.39, 0.29) is 11.9 Å². The molecule has 2 aromatic rings. The second-order valence-corrected chi connectivity index (χ2v) is 5.35. The maximum Gasteiger partial charge on any atom is 0.253 e. The molecule has 0 atom stereocenters. The quantitative estimate of drug-likeness (QED) is 0.789. The van der Waals surface area contributed by atoms with Gasteiger partial charge < -0.3 is 16.0 Å². The Hall–Kier alpha value is -2.34. The van der Waals surface area contributed by atoms with Crippen molar-refractivity contribution in [3.63, 3.8) is 0 Å². The van der Waals surface area contributed by atoms with Gasteiger partial charge in [-0.25, -0.2) is 4.98 Å². The monoisotopic (exact) mass is 319 g/mol. The lowest BCUT2D eigenvalue weighted by Crippen LogP contribution is -2.30. The van der Waals surface area contributed by atoms with E-state index in [0.29, 0.717) is 28.0 Å². The van der Waals surface area contributed by atoms with Crippen molar-refractivity contribution in [3.05, 3.63) is 41.0 Å². The normalized spacial score (nSPS) is 10.4. The summed E-state index contributed by atoms with van der Waals surface area (Å²) in [7, 11) is 1.72. The van der Waals surface area contributed by atoms with Crippen molar-refractivity contribution in [2.24, 2.45) is 0 Å². The van der Waals surface area contributed by atoms with Crippen LogP contribution in [0.5, 0.6) is 0 Å². The third-order valence-electron chi connectivity index (χ3n) is 2.81. The van der Waals surface area contributed by atoms with Crippen LogP contribution >= 0.6 is 11.6 Å². The SMILES string of the molecule is CNc1ncc(Cl)c(Nc2ccccc2C(=O)NC(C)C)n1. The van der Waals surface area contributed by atoms with Crippen molar-refractivity contribution in [1.29, 1.82) is 0 Å². The van der Waals surface area contributed by atoms with Gasteiger partial charge >= 0.3 is 0 Å². The van der Waals surface area contributed by atoms with Gasteiger partial charge in [-0.05, 0) is 26.0 Å². The number of amides is 1. The van der Waals surface area contributed by atoms with Gasteiger partial charge in [-0.2, -0.15) is 4.98 Å². The van der Waals surface area contributed by atoms with E-state index in [9.17, 15) is 4.79 Å². The van der Waals surface area contributed by atoms with Crippen LogP contribution in [0.2, 0.25) is 5.02 Å². The lowest BCUT2D eigenvalue weighted by molar-refractivity contribution is 0.0944. The molecule has 0 unspecified atom stereocenters. The van der Waals surface area contributed by atoms with Crippen molar-refractivity contribution in [1.82, 2.24) is 15.3 Å². The number of carbonyl (C=O) groups excluding carboxylic acids is 1. The third-order valence-corrected chi connectivity index (χ3v) is 3.09. The summed E-state index contributed by atoms with van der Waals surface area (Å²) in [5.74, 6) is 0.721. The van der Waals surface area contributed by atoms with Crippen LogP contribution in [0.15, 0.2) is 30.5 Å². The van der Waals surface area contributed by atoms with E-state index < -0.39 is 0 Å². The summed E-state index contributed by atoms with van der Waals surface area (Å²) < 4.78 is 0. The predicted molar refractivity (Wildman–Crippen MR) is 88.9 cm³/mol. The zero-order chi connectivity index (χ0) is 16.1. The summed E-state index contributed by atoms with van der Waals surface area (Å²) in [6.45, 7) is 3.82. The molecule has 1 heterocycles. The van der Waals surface area contributed by atoms with Gasteiger partial charge in [-0.1, -0.05) is 23.7 Å². The van der Waals surface area contributed by atoms with E-state index in [2.05, 4.69) is 25.9 Å². The van der Waals surface area contributed by atoms with Crippen molar-refractivity contribution in [2.75, 3.05) is 17.7 Å². The van der Waals surface area contributed by atoms with E-state index in [1.54, 1.807) is 25.2 Å². The van der Waals surface area contributed by atoms with Gasteiger partial charge in [-0.15, -0.1) is 0 Å². The standard InChI is InChI=1S/C15H18ClN5O/c1-9(2)19-14(22)10-6-4-5-7-12(10)20-13-11(16)8-18-15(17-3)21-13/h4-9H,1-3H3,(H,19,22)(H2,17,18,20,21). The van der Waals surface area contributed by atoms with Gasteiger partial charge in [0, 0.05) is 13.1 Å². The second-order valence-electron chi connectivity index (χ2n) is 4.94. The zero-order valence-electron chi connectivity index (χ0n) is 12.6. The Morgan fingerprint density at radius 3 is 2.68 bits per heavy atom. The third kappa shape index (κ3) is 3.85. The Balaban J connectivity index is 2.32. The first kappa shape index (κ1) is 16.0. The number of anilines is 3. The molecule has 116 valence electrons. The van der Waals surface area contributed by atoms with Gasteiger partial charge in [0.25, 0.3) is 5.91 Å². The molecular formula is C15H18ClN5O. The minimum Gasteiger partial charge on any atom is -0.357 e. The van der Waals surface area contributed by atoms with Crippen molar-refractivity contribution in [3.8, 4) is 0 Å². The predicted octanol–water partition coefficient (Wildman–Crippen LogP) is 3.05. The highest BCUT2D eigenvalue weighted by Crippen LogP contribution is 2.25. The van der Waals surface area contributed by atoms with Crippen molar-refractivity contribution in [2.45, 2.75) is 19.9 Å². The zero-order valence-corrected chi connectivity index (χ0v) is 13.4. The van der Waals surface area contributed by atoms with E-state index in [1.807, 2.05) is 19.9 Å². The second kappa shape index (κ2) is 7.09. The largest absolute Gasteiger partial charge is 0.357 e. The Kier molecular flexibility index (Phi) is 5.16. The Morgan fingerprint density at radius 2 is 2.00 bits per heavy atom. The fraction of sp³-hybridized carbons (Fsp3) is 0.267. The van der Waals surface area contributed by atoms with Crippen LogP contribution in [0, 0.1) is 0 Å². The Labute approximate surface area is 134 Å². The Morgan fingerprint density at radius 1 is 1.27 bits per heavy atom. The van der Waals surface area contributed by atoms with E-state index in [4.69, 9.17) is 11.6 Å². The van der Waals surface area contributed by atoms with Crippen LogP contribution < -0.4 is 16.0 Å². The van der Waals surface area contributed by atoms with Gasteiger partial charge in [0.05, 0.1) is 17.4 Å². The van der Waals surface area contributed by atoms with Crippen LogP contribution in [-0.4, -0.2) is 29.0 Å². The lowest BCUT2D eigenvalue weighted by Gasteiger charge is -2.14. The molecule has 1 amide bonds. The van der Waals surface area contributed by atoms with Gasteiger partial charge in [0.2, 0.25) is 5.95 Å².